The van der Waals surface area contributed by atoms with Gasteiger partial charge in [-0.15, -0.1) is 6.58 Å². The smallest absolute Gasteiger partial charge is 0.134 e. The molecule has 1 fully saturated rings. The summed E-state index contributed by atoms with van der Waals surface area (Å²) in [5, 5.41) is 1.62. The van der Waals surface area contributed by atoms with Crippen LogP contribution < -0.4 is 0 Å². The summed E-state index contributed by atoms with van der Waals surface area (Å²) in [6, 6.07) is 18.4. The molecule has 0 saturated heterocycles. The molecule has 0 heterocycles. The van der Waals surface area contributed by atoms with Crippen LogP contribution in [0.4, 0.5) is 4.39 Å². The van der Waals surface area contributed by atoms with Gasteiger partial charge in [-0.05, 0) is 104 Å². The van der Waals surface area contributed by atoms with Crippen LogP contribution in [-0.2, 0) is 6.42 Å². The van der Waals surface area contributed by atoms with Crippen molar-refractivity contribution in [1.29, 1.82) is 0 Å². The minimum atomic E-state index is -0.0484. The highest BCUT2D eigenvalue weighted by atomic mass is 19.1. The molecule has 1 aliphatic carbocycles. The van der Waals surface area contributed by atoms with Crippen LogP contribution in [0.3, 0.4) is 0 Å². The van der Waals surface area contributed by atoms with Crippen molar-refractivity contribution in [3.05, 3.63) is 107 Å². The van der Waals surface area contributed by atoms with Crippen molar-refractivity contribution in [3.8, 4) is 11.8 Å². The van der Waals surface area contributed by atoms with Gasteiger partial charge < -0.3 is 0 Å². The van der Waals surface area contributed by atoms with Crippen LogP contribution in [0.5, 0.6) is 0 Å². The third-order valence-corrected chi connectivity index (χ3v) is 6.91. The van der Waals surface area contributed by atoms with Crippen LogP contribution in [-0.4, -0.2) is 0 Å². The van der Waals surface area contributed by atoms with E-state index in [9.17, 15) is 0 Å². The fourth-order valence-corrected chi connectivity index (χ4v) is 4.96. The number of fused-ring (bicyclic) bond motifs is 1. The van der Waals surface area contributed by atoms with E-state index >= 15 is 4.39 Å². The second kappa shape index (κ2) is 11.2. The van der Waals surface area contributed by atoms with E-state index in [0.29, 0.717) is 11.3 Å². The van der Waals surface area contributed by atoms with Gasteiger partial charge in [0, 0.05) is 16.5 Å². The zero-order valence-electron chi connectivity index (χ0n) is 19.6. The number of hydrogen-bond donors (Lipinski definition) is 0. The van der Waals surface area contributed by atoms with Gasteiger partial charge in [0.25, 0.3) is 0 Å². The number of rotatable bonds is 6. The molecule has 0 bridgehead atoms. The Balaban J connectivity index is 1.47. The summed E-state index contributed by atoms with van der Waals surface area (Å²) in [5.74, 6) is 7.50. The Bertz CT molecular complexity index is 1180. The highest BCUT2D eigenvalue weighted by Crippen LogP contribution is 2.39. The van der Waals surface area contributed by atoms with E-state index in [1.165, 1.54) is 18.4 Å². The summed E-state index contributed by atoms with van der Waals surface area (Å²) in [5.41, 5.74) is 4.12. The Kier molecular flexibility index (Phi) is 7.79. The van der Waals surface area contributed by atoms with Gasteiger partial charge in [-0.3, -0.25) is 0 Å². The van der Waals surface area contributed by atoms with Gasteiger partial charge in [-0.25, -0.2) is 4.39 Å². The van der Waals surface area contributed by atoms with E-state index in [1.54, 1.807) is 0 Å². The van der Waals surface area contributed by atoms with Crippen LogP contribution in [0.15, 0.2) is 79.4 Å². The number of hydrogen-bond acceptors (Lipinski definition) is 0. The molecular weight excluding hydrogens is 403 g/mol. The van der Waals surface area contributed by atoms with Crippen molar-refractivity contribution in [2.24, 2.45) is 5.92 Å². The average molecular weight is 437 g/mol. The molecule has 0 amide bonds. The van der Waals surface area contributed by atoms with Gasteiger partial charge in [0.15, 0.2) is 0 Å². The van der Waals surface area contributed by atoms with Crippen molar-refractivity contribution in [2.75, 3.05) is 0 Å². The minimum absolute atomic E-state index is 0.0484. The summed E-state index contributed by atoms with van der Waals surface area (Å²) in [7, 11) is 0. The molecule has 4 rings (SSSR count). The van der Waals surface area contributed by atoms with Gasteiger partial charge in [-0.1, -0.05) is 60.4 Å². The molecule has 0 aliphatic heterocycles. The molecule has 0 aromatic heterocycles. The summed E-state index contributed by atoms with van der Waals surface area (Å²) in [6.45, 7) is 5.91. The summed E-state index contributed by atoms with van der Waals surface area (Å²) in [6.07, 6.45) is 14.0. The van der Waals surface area contributed by atoms with Crippen LogP contribution in [0.1, 0.15) is 73.6 Å². The zero-order chi connectivity index (χ0) is 23.0. The Labute approximate surface area is 198 Å². The topological polar surface area (TPSA) is 0 Å². The highest BCUT2D eigenvalue weighted by Gasteiger charge is 2.24. The maximum atomic E-state index is 15.4. The molecular formula is C32H33F. The van der Waals surface area contributed by atoms with Crippen molar-refractivity contribution < 1.29 is 4.39 Å². The Morgan fingerprint density at radius 1 is 0.939 bits per heavy atom. The zero-order valence-corrected chi connectivity index (χ0v) is 19.6. The maximum absolute atomic E-state index is 15.4. The maximum Gasteiger partial charge on any atom is 0.134 e. The lowest BCUT2D eigenvalue weighted by Crippen LogP contribution is -2.14. The molecule has 3 aromatic rings. The lowest BCUT2D eigenvalue weighted by atomic mass is 9.77. The average Bonchev–Trinajstić information content (AvgIpc) is 2.85. The summed E-state index contributed by atoms with van der Waals surface area (Å²) in [4.78, 5) is 0. The predicted octanol–water partition coefficient (Wildman–Crippen LogP) is 8.74. The lowest BCUT2D eigenvalue weighted by Gasteiger charge is -2.28. The van der Waals surface area contributed by atoms with Gasteiger partial charge >= 0.3 is 0 Å². The van der Waals surface area contributed by atoms with E-state index < -0.39 is 0 Å². The highest BCUT2D eigenvalue weighted by molar-refractivity contribution is 5.85. The molecule has 1 aliphatic rings. The molecule has 1 heteroatoms. The fraction of sp³-hybridized carbons (Fsp3) is 0.312. The van der Waals surface area contributed by atoms with Crippen LogP contribution in [0.25, 0.3) is 10.8 Å². The van der Waals surface area contributed by atoms with Crippen LogP contribution in [0, 0.1) is 23.6 Å². The molecule has 168 valence electrons. The summed E-state index contributed by atoms with van der Waals surface area (Å²) >= 11 is 0. The molecule has 33 heavy (non-hydrogen) atoms. The van der Waals surface area contributed by atoms with Crippen molar-refractivity contribution in [2.45, 2.75) is 57.8 Å². The quantitative estimate of drug-likeness (QED) is 0.268. The van der Waals surface area contributed by atoms with Gasteiger partial charge in [0.05, 0.1) is 0 Å². The minimum Gasteiger partial charge on any atom is -0.206 e. The third-order valence-electron chi connectivity index (χ3n) is 6.91. The molecule has 3 aromatic carbocycles. The predicted molar refractivity (Wildman–Crippen MR) is 139 cm³/mol. The van der Waals surface area contributed by atoms with E-state index in [-0.39, 0.29) is 5.82 Å². The van der Waals surface area contributed by atoms with Gasteiger partial charge in [0.1, 0.15) is 5.82 Å². The fourth-order valence-electron chi connectivity index (χ4n) is 4.96. The van der Waals surface area contributed by atoms with E-state index in [1.807, 2.05) is 30.3 Å². The number of halogens is 1. The van der Waals surface area contributed by atoms with Crippen LogP contribution in [0.2, 0.25) is 0 Å². The largest absolute Gasteiger partial charge is 0.206 e. The Morgan fingerprint density at radius 3 is 2.39 bits per heavy atom. The standard InChI is InChI=1S/C32H33F/c1-3-5-6-8-25-9-11-26(12-10-25)13-14-27-17-21-31-29(23-27)20-22-30(32(31)33)28-18-15-24(7-4-2)16-19-28/h3-5,9-12,17,20-24,28H,2,6-8,15-16,18-19H2,1H3/b5-3+. The first-order chi connectivity index (χ1) is 16.2. The second-order valence-corrected chi connectivity index (χ2v) is 9.20. The molecule has 0 N–H and O–H groups in total. The van der Waals surface area contributed by atoms with E-state index in [4.69, 9.17) is 0 Å². The molecule has 0 atom stereocenters. The van der Waals surface area contributed by atoms with Crippen molar-refractivity contribution >= 4 is 10.8 Å². The Morgan fingerprint density at radius 2 is 1.67 bits per heavy atom. The van der Waals surface area contributed by atoms with Crippen molar-refractivity contribution in [3.63, 3.8) is 0 Å². The third kappa shape index (κ3) is 5.82. The van der Waals surface area contributed by atoms with Crippen LogP contribution >= 0.6 is 0 Å². The Hall–Kier alpha value is -3.11. The second-order valence-electron chi connectivity index (χ2n) is 9.20. The van der Waals surface area contributed by atoms with Crippen molar-refractivity contribution in [1.82, 2.24) is 0 Å². The molecule has 0 spiro atoms. The SMILES string of the molecule is C=CCC1CCC(c2ccc3cc(C#Cc4ccc(CC/C=C/C)cc4)ccc3c2F)CC1. The first kappa shape index (κ1) is 23.1. The number of aryl methyl sites for hydroxylation is 1. The molecule has 0 radical (unpaired) electrons. The summed E-state index contributed by atoms with van der Waals surface area (Å²) < 4.78 is 15.4. The molecule has 0 nitrogen and oxygen atoms in total. The monoisotopic (exact) mass is 436 g/mol. The molecule has 1 saturated carbocycles. The number of allylic oxidation sites excluding steroid dienone is 3. The first-order valence-corrected chi connectivity index (χ1v) is 12.2. The first-order valence-electron chi connectivity index (χ1n) is 12.2. The molecule has 0 unspecified atom stereocenters. The van der Waals surface area contributed by atoms with E-state index in [2.05, 4.69) is 67.8 Å². The van der Waals surface area contributed by atoms with Gasteiger partial charge in [0.2, 0.25) is 0 Å². The lowest BCUT2D eigenvalue weighted by molar-refractivity contribution is 0.324. The van der Waals surface area contributed by atoms with E-state index in [0.717, 1.165) is 60.1 Å². The number of benzene rings is 3. The normalized spacial score (nSPS) is 18.2. The van der Waals surface area contributed by atoms with Gasteiger partial charge in [-0.2, -0.15) is 0 Å².